The summed E-state index contributed by atoms with van der Waals surface area (Å²) in [6.07, 6.45) is -0.248. The number of nitrogens with one attached hydrogen (secondary N) is 6. The molecule has 0 amide bonds. The van der Waals surface area contributed by atoms with Crippen LogP contribution in [-0.2, 0) is 10.4 Å². The third-order valence-corrected chi connectivity index (χ3v) is 3.80. The molecule has 16 nitrogen and oxygen atoms in total. The summed E-state index contributed by atoms with van der Waals surface area (Å²) >= 11 is 0. The van der Waals surface area contributed by atoms with Crippen molar-refractivity contribution >= 4 is 46.1 Å². The highest BCUT2D eigenvalue weighted by Crippen LogP contribution is 2.20. The zero-order chi connectivity index (χ0) is 33.1. The molecule has 2 aromatic rings. The van der Waals surface area contributed by atoms with Gasteiger partial charge in [0.25, 0.3) is 0 Å². The van der Waals surface area contributed by atoms with Crippen molar-refractivity contribution in [2.45, 2.75) is 25.2 Å². The molecule has 0 radical (unpaired) electrons. The lowest BCUT2D eigenvalue weighted by atomic mass is 10.4. The van der Waals surface area contributed by atoms with Gasteiger partial charge in [-0.05, 0) is 0 Å². The molecule has 43 heavy (non-hydrogen) atoms. The summed E-state index contributed by atoms with van der Waals surface area (Å²) in [4.78, 5) is 23.4. The maximum atomic E-state index is 12.0. The molecule has 0 bridgehead atoms. The number of aromatic nitrogens is 6. The zero-order valence-electron chi connectivity index (χ0n) is 22.5. The predicted molar refractivity (Wildman–Crippen MR) is 146 cm³/mol. The van der Waals surface area contributed by atoms with Gasteiger partial charge in [-0.1, -0.05) is 11.8 Å². The van der Waals surface area contributed by atoms with Crippen molar-refractivity contribution in [3.05, 3.63) is 0 Å². The van der Waals surface area contributed by atoms with Gasteiger partial charge in [0.2, 0.25) is 35.7 Å². The largest absolute Gasteiger partial charge is 0.394 e. The summed E-state index contributed by atoms with van der Waals surface area (Å²) in [5.74, 6) is 5.58. The molecule has 240 valence electrons. The van der Waals surface area contributed by atoms with E-state index in [9.17, 15) is 26.3 Å². The van der Waals surface area contributed by atoms with E-state index in [2.05, 4.69) is 73.6 Å². The lowest BCUT2D eigenvalue weighted by Gasteiger charge is -2.10. The van der Waals surface area contributed by atoms with Gasteiger partial charge in [0.15, 0.2) is 0 Å². The summed E-state index contributed by atoms with van der Waals surface area (Å²) in [6.45, 7) is -0.221. The van der Waals surface area contributed by atoms with Crippen LogP contribution in [-0.4, -0.2) is 100 Å². The lowest BCUT2D eigenvalue weighted by Crippen LogP contribution is -2.17. The maximum absolute atomic E-state index is 12.0. The van der Waals surface area contributed by atoms with Crippen LogP contribution in [0.4, 0.5) is 62.0 Å². The lowest BCUT2D eigenvalue weighted by molar-refractivity contribution is -0.132. The zero-order valence-corrected chi connectivity index (χ0v) is 23.3. The number of anilines is 6. The van der Waals surface area contributed by atoms with E-state index in [1.54, 1.807) is 14.1 Å². The molecule has 0 aliphatic carbocycles. The van der Waals surface area contributed by atoms with E-state index < -0.39 is 35.6 Å². The van der Waals surface area contributed by atoms with Crippen LogP contribution in [0, 0.1) is 24.7 Å². The summed E-state index contributed by atoms with van der Waals surface area (Å²) in [5, 5.41) is 15.7. The Labute approximate surface area is 242 Å². The van der Waals surface area contributed by atoms with Gasteiger partial charge >= 0.3 is 22.8 Å². The maximum Gasteiger partial charge on any atom is 0.394 e. The van der Waals surface area contributed by atoms with Crippen molar-refractivity contribution in [2.75, 3.05) is 72.2 Å². The summed E-state index contributed by atoms with van der Waals surface area (Å²) < 4.78 is 104. The van der Waals surface area contributed by atoms with Gasteiger partial charge in [-0.25, -0.2) is 0 Å². The first-order chi connectivity index (χ1) is 19.9. The molecular formula is C20H28F6N12O4S. The molecule has 8 N–H and O–H groups in total. The smallest absolute Gasteiger partial charge is 0.357 e. The molecule has 0 aliphatic heterocycles. The normalized spacial score (nSPS) is 10.8. The van der Waals surface area contributed by atoms with Crippen LogP contribution in [0.5, 0.6) is 0 Å². The molecule has 2 heterocycles. The molecule has 23 heteroatoms. The van der Waals surface area contributed by atoms with Crippen LogP contribution < -0.4 is 31.9 Å². The predicted octanol–water partition coefficient (Wildman–Crippen LogP) is 1.99. The molecular weight excluding hydrogens is 618 g/mol. The number of hydrogen-bond acceptors (Lipinski definition) is 14. The van der Waals surface area contributed by atoms with Crippen molar-refractivity contribution in [3.8, 4) is 24.7 Å². The van der Waals surface area contributed by atoms with Gasteiger partial charge in [0, 0.05) is 27.2 Å². The Hall–Kier alpha value is -4.61. The SMILES string of the molecule is C#CCNc1nc(NC)nc(NCCC(F)(F)F)n1.C#CCNc1nc(NC)nc(NCCC(F)(F)F)n1.O=S(=O)(O)O. The Bertz CT molecular complexity index is 1220. The van der Waals surface area contributed by atoms with Gasteiger partial charge in [-0.2, -0.15) is 64.7 Å². The van der Waals surface area contributed by atoms with Crippen LogP contribution in [0.1, 0.15) is 12.8 Å². The first kappa shape index (κ1) is 38.4. The highest BCUT2D eigenvalue weighted by Gasteiger charge is 2.27. The molecule has 0 aliphatic rings. The molecule has 0 fully saturated rings. The standard InChI is InChI=1S/2C10H13F3N6.H2O4S/c2*1-3-5-15-8-17-7(14-2)18-9(19-8)16-6-4-10(11,12)13;1-5(2,3)4/h2*1H,4-6H2,2H3,(H3,14,15,16,17,18,19);(H2,1,2,3,4). The van der Waals surface area contributed by atoms with E-state index in [4.69, 9.17) is 30.4 Å². The number of hydrogen-bond donors (Lipinski definition) is 8. The first-order valence-corrected chi connectivity index (χ1v) is 12.8. The number of terminal acetylenes is 2. The first-order valence-electron chi connectivity index (χ1n) is 11.4. The summed E-state index contributed by atoms with van der Waals surface area (Å²) in [5.41, 5.74) is 0. The number of rotatable bonds is 12. The van der Waals surface area contributed by atoms with Gasteiger partial charge in [-0.15, -0.1) is 12.8 Å². The van der Waals surface area contributed by atoms with Crippen LogP contribution in [0.25, 0.3) is 0 Å². The average molecular weight is 647 g/mol. The van der Waals surface area contributed by atoms with Crippen LogP contribution in [0.3, 0.4) is 0 Å². The Kier molecular flexibility index (Phi) is 16.7. The van der Waals surface area contributed by atoms with E-state index >= 15 is 0 Å². The monoisotopic (exact) mass is 646 g/mol. The van der Waals surface area contributed by atoms with Gasteiger partial charge < -0.3 is 31.9 Å². The van der Waals surface area contributed by atoms with E-state index in [-0.39, 0.29) is 61.9 Å². The Morgan fingerprint density at radius 3 is 1.12 bits per heavy atom. The van der Waals surface area contributed by atoms with E-state index in [1.165, 1.54) is 0 Å². The van der Waals surface area contributed by atoms with E-state index in [0.29, 0.717) is 0 Å². The van der Waals surface area contributed by atoms with Crippen molar-refractivity contribution in [1.82, 2.24) is 29.9 Å². The van der Waals surface area contributed by atoms with E-state index in [0.717, 1.165) is 0 Å². The fourth-order valence-electron chi connectivity index (χ4n) is 2.18. The highest BCUT2D eigenvalue weighted by molar-refractivity contribution is 7.79. The molecule has 0 saturated carbocycles. The summed E-state index contributed by atoms with van der Waals surface area (Å²) in [6, 6.07) is 0. The molecule has 0 unspecified atom stereocenters. The number of halogens is 6. The van der Waals surface area contributed by atoms with Gasteiger partial charge in [-0.3, -0.25) is 9.11 Å². The average Bonchev–Trinajstić information content (AvgIpc) is 2.88. The topological polar surface area (TPSA) is 224 Å². The Morgan fingerprint density at radius 1 is 0.628 bits per heavy atom. The van der Waals surface area contributed by atoms with E-state index in [1.807, 2.05) is 0 Å². The second-order valence-electron chi connectivity index (χ2n) is 7.26. The fourth-order valence-corrected chi connectivity index (χ4v) is 2.18. The van der Waals surface area contributed by atoms with Gasteiger partial charge in [0.05, 0.1) is 25.9 Å². The molecule has 0 aromatic carbocycles. The van der Waals surface area contributed by atoms with Crippen LogP contribution >= 0.6 is 0 Å². The van der Waals surface area contributed by atoms with Crippen molar-refractivity contribution in [2.24, 2.45) is 0 Å². The quantitative estimate of drug-likeness (QED) is 0.0938. The second kappa shape index (κ2) is 18.7. The van der Waals surface area contributed by atoms with Crippen molar-refractivity contribution in [3.63, 3.8) is 0 Å². The minimum absolute atomic E-state index is 0.0446. The molecule has 0 atom stereocenters. The summed E-state index contributed by atoms with van der Waals surface area (Å²) in [7, 11) is -1.50. The minimum Gasteiger partial charge on any atom is -0.357 e. The third kappa shape index (κ3) is 22.7. The molecule has 0 saturated heterocycles. The fraction of sp³-hybridized carbons (Fsp3) is 0.500. The number of alkyl halides is 6. The molecule has 2 rings (SSSR count). The Balaban J connectivity index is 0.000000709. The highest BCUT2D eigenvalue weighted by atomic mass is 32.3. The molecule has 0 spiro atoms. The number of nitrogens with zero attached hydrogens (tertiary/aromatic N) is 6. The van der Waals surface area contributed by atoms with Crippen molar-refractivity contribution in [1.29, 1.82) is 0 Å². The van der Waals surface area contributed by atoms with Crippen LogP contribution in [0.15, 0.2) is 0 Å². The van der Waals surface area contributed by atoms with Crippen molar-refractivity contribution < 1.29 is 43.9 Å². The molecule has 2 aromatic heterocycles. The Morgan fingerprint density at radius 2 is 0.884 bits per heavy atom. The second-order valence-corrected chi connectivity index (χ2v) is 8.16. The van der Waals surface area contributed by atoms with Gasteiger partial charge in [0.1, 0.15) is 0 Å². The minimum atomic E-state index is -4.67. The van der Waals surface area contributed by atoms with Crippen LogP contribution in [0.2, 0.25) is 0 Å². The third-order valence-electron chi connectivity index (χ3n) is 3.80.